The molecule has 0 aromatic heterocycles. The van der Waals surface area contributed by atoms with Gasteiger partial charge in [0.05, 0.1) is 20.8 Å². The number of carboxylic acid groups (broad SMARTS) is 1. The molecule has 0 fully saturated rings. The third-order valence-corrected chi connectivity index (χ3v) is 3.58. The van der Waals surface area contributed by atoms with Crippen molar-refractivity contribution in [3.63, 3.8) is 0 Å². The van der Waals surface area contributed by atoms with Crippen LogP contribution in [0.15, 0.2) is 16.6 Å². The first-order chi connectivity index (χ1) is 9.51. The predicted molar refractivity (Wildman–Crippen MR) is 80.4 cm³/mol. The lowest BCUT2D eigenvalue weighted by Crippen LogP contribution is -2.30. The van der Waals surface area contributed by atoms with Gasteiger partial charge in [0, 0.05) is 11.0 Å². The summed E-state index contributed by atoms with van der Waals surface area (Å²) >= 11 is 3.49. The van der Waals surface area contributed by atoms with E-state index in [1.807, 2.05) is 24.0 Å². The Morgan fingerprint density at radius 1 is 1.30 bits per heavy atom. The normalized spacial score (nSPS) is 10.7. The Bertz CT molecular complexity index is 465. The van der Waals surface area contributed by atoms with Crippen LogP contribution in [0, 0.1) is 0 Å². The Balaban J connectivity index is 2.96. The zero-order chi connectivity index (χ0) is 15.1. The molecular weight excluding hydrogens is 326 g/mol. The molecule has 0 spiro atoms. The summed E-state index contributed by atoms with van der Waals surface area (Å²) in [5, 5.41) is 8.94. The van der Waals surface area contributed by atoms with E-state index in [-0.39, 0.29) is 6.54 Å². The smallest absolute Gasteiger partial charge is 0.317 e. The number of nitrogens with zero attached hydrogens (tertiary/aromatic N) is 1. The first-order valence-corrected chi connectivity index (χ1v) is 7.15. The van der Waals surface area contributed by atoms with Gasteiger partial charge in [-0.3, -0.25) is 9.69 Å². The number of carbonyl (C=O) groups is 1. The van der Waals surface area contributed by atoms with Crippen LogP contribution in [0.25, 0.3) is 0 Å². The van der Waals surface area contributed by atoms with E-state index in [2.05, 4.69) is 15.9 Å². The topological polar surface area (TPSA) is 59.0 Å². The lowest BCUT2D eigenvalue weighted by molar-refractivity contribution is -0.138. The SMILES string of the molecule is CCCN(CC(=O)O)Cc1cc(OC)c(OC)cc1Br. The Hall–Kier alpha value is -1.27. The largest absolute Gasteiger partial charge is 0.493 e. The number of carboxylic acids is 1. The maximum atomic E-state index is 10.9. The standard InChI is InChI=1S/C14H20BrNO4/c1-4-5-16(9-14(17)18)8-10-6-12(19-2)13(20-3)7-11(10)15/h6-7H,4-5,8-9H2,1-3H3,(H,17,18). The average molecular weight is 346 g/mol. The second-order valence-corrected chi connectivity index (χ2v) is 5.26. The number of hydrogen-bond acceptors (Lipinski definition) is 4. The van der Waals surface area contributed by atoms with Crippen molar-refractivity contribution >= 4 is 21.9 Å². The molecule has 0 aliphatic rings. The highest BCUT2D eigenvalue weighted by molar-refractivity contribution is 9.10. The molecule has 0 amide bonds. The van der Waals surface area contributed by atoms with E-state index in [0.717, 1.165) is 23.0 Å². The van der Waals surface area contributed by atoms with Gasteiger partial charge in [0.25, 0.3) is 0 Å². The zero-order valence-corrected chi connectivity index (χ0v) is 13.6. The van der Waals surface area contributed by atoms with Crippen molar-refractivity contribution in [1.29, 1.82) is 0 Å². The van der Waals surface area contributed by atoms with Gasteiger partial charge in [-0.15, -0.1) is 0 Å². The van der Waals surface area contributed by atoms with E-state index in [4.69, 9.17) is 14.6 Å². The van der Waals surface area contributed by atoms with Crippen molar-refractivity contribution in [2.24, 2.45) is 0 Å². The molecule has 20 heavy (non-hydrogen) atoms. The summed E-state index contributed by atoms with van der Waals surface area (Å²) in [7, 11) is 3.16. The first-order valence-electron chi connectivity index (χ1n) is 6.36. The van der Waals surface area contributed by atoms with E-state index in [0.29, 0.717) is 18.0 Å². The average Bonchev–Trinajstić information content (AvgIpc) is 2.40. The molecule has 0 heterocycles. The van der Waals surface area contributed by atoms with Crippen LogP contribution in [0.4, 0.5) is 0 Å². The maximum Gasteiger partial charge on any atom is 0.317 e. The summed E-state index contributed by atoms with van der Waals surface area (Å²) in [4.78, 5) is 12.8. The van der Waals surface area contributed by atoms with Gasteiger partial charge in [-0.05, 0) is 30.7 Å². The van der Waals surface area contributed by atoms with Gasteiger partial charge in [-0.1, -0.05) is 22.9 Å². The molecule has 0 aliphatic heterocycles. The fourth-order valence-electron chi connectivity index (χ4n) is 1.98. The highest BCUT2D eigenvalue weighted by Crippen LogP contribution is 2.33. The number of halogens is 1. The molecule has 0 aliphatic carbocycles. The van der Waals surface area contributed by atoms with Gasteiger partial charge in [0.2, 0.25) is 0 Å². The van der Waals surface area contributed by atoms with E-state index in [9.17, 15) is 4.79 Å². The maximum absolute atomic E-state index is 10.9. The van der Waals surface area contributed by atoms with Crippen LogP contribution in [-0.4, -0.2) is 43.3 Å². The fraction of sp³-hybridized carbons (Fsp3) is 0.500. The Kier molecular flexibility index (Phi) is 6.81. The van der Waals surface area contributed by atoms with Crippen LogP contribution in [-0.2, 0) is 11.3 Å². The van der Waals surface area contributed by atoms with Crippen molar-refractivity contribution in [3.05, 3.63) is 22.2 Å². The van der Waals surface area contributed by atoms with Gasteiger partial charge in [0.1, 0.15) is 0 Å². The summed E-state index contributed by atoms with van der Waals surface area (Å²) in [5.41, 5.74) is 0.970. The Labute approximate surface area is 127 Å². The molecular formula is C14H20BrNO4. The molecule has 0 atom stereocenters. The van der Waals surface area contributed by atoms with Gasteiger partial charge in [0.15, 0.2) is 11.5 Å². The number of benzene rings is 1. The Morgan fingerprint density at radius 3 is 2.40 bits per heavy atom. The van der Waals surface area contributed by atoms with Crippen LogP contribution >= 0.6 is 15.9 Å². The molecule has 1 N–H and O–H groups in total. The molecule has 0 saturated heterocycles. The number of aliphatic carboxylic acids is 1. The third-order valence-electron chi connectivity index (χ3n) is 2.85. The van der Waals surface area contributed by atoms with E-state index >= 15 is 0 Å². The van der Waals surface area contributed by atoms with Crippen molar-refractivity contribution in [1.82, 2.24) is 4.90 Å². The van der Waals surface area contributed by atoms with E-state index < -0.39 is 5.97 Å². The minimum atomic E-state index is -0.824. The van der Waals surface area contributed by atoms with Crippen LogP contribution in [0.2, 0.25) is 0 Å². The molecule has 112 valence electrons. The molecule has 1 rings (SSSR count). The molecule has 6 heteroatoms. The predicted octanol–water partition coefficient (Wildman–Crippen LogP) is 2.76. The van der Waals surface area contributed by atoms with Gasteiger partial charge < -0.3 is 14.6 Å². The lowest BCUT2D eigenvalue weighted by Gasteiger charge is -2.21. The highest BCUT2D eigenvalue weighted by Gasteiger charge is 2.14. The fourth-order valence-corrected chi connectivity index (χ4v) is 2.43. The minimum absolute atomic E-state index is 0.0224. The monoisotopic (exact) mass is 345 g/mol. The summed E-state index contributed by atoms with van der Waals surface area (Å²) in [6, 6.07) is 3.70. The molecule has 1 aromatic rings. The Morgan fingerprint density at radius 2 is 1.90 bits per heavy atom. The molecule has 0 unspecified atom stereocenters. The second-order valence-electron chi connectivity index (χ2n) is 4.40. The lowest BCUT2D eigenvalue weighted by atomic mass is 10.2. The third kappa shape index (κ3) is 4.68. The second kappa shape index (κ2) is 8.11. The summed E-state index contributed by atoms with van der Waals surface area (Å²) < 4.78 is 11.4. The van der Waals surface area contributed by atoms with Crippen LogP contribution < -0.4 is 9.47 Å². The number of methoxy groups -OCH3 is 2. The molecule has 0 radical (unpaired) electrons. The van der Waals surface area contributed by atoms with Crippen LogP contribution in [0.5, 0.6) is 11.5 Å². The first kappa shape index (κ1) is 16.8. The molecule has 5 nitrogen and oxygen atoms in total. The number of ether oxygens (including phenoxy) is 2. The van der Waals surface area contributed by atoms with Crippen molar-refractivity contribution in [2.45, 2.75) is 19.9 Å². The minimum Gasteiger partial charge on any atom is -0.493 e. The molecule has 0 bridgehead atoms. The van der Waals surface area contributed by atoms with Crippen LogP contribution in [0.3, 0.4) is 0 Å². The van der Waals surface area contributed by atoms with Gasteiger partial charge in [-0.2, -0.15) is 0 Å². The molecule has 0 saturated carbocycles. The quantitative estimate of drug-likeness (QED) is 0.784. The molecule has 1 aromatic carbocycles. The van der Waals surface area contributed by atoms with E-state index in [1.165, 1.54) is 0 Å². The van der Waals surface area contributed by atoms with E-state index in [1.54, 1.807) is 14.2 Å². The highest BCUT2D eigenvalue weighted by atomic mass is 79.9. The zero-order valence-electron chi connectivity index (χ0n) is 12.0. The van der Waals surface area contributed by atoms with Crippen molar-refractivity contribution in [3.8, 4) is 11.5 Å². The van der Waals surface area contributed by atoms with Crippen LogP contribution in [0.1, 0.15) is 18.9 Å². The van der Waals surface area contributed by atoms with Gasteiger partial charge >= 0.3 is 5.97 Å². The number of rotatable bonds is 8. The van der Waals surface area contributed by atoms with Crippen molar-refractivity contribution < 1.29 is 19.4 Å². The summed E-state index contributed by atoms with van der Waals surface area (Å²) in [6.07, 6.45) is 0.901. The van der Waals surface area contributed by atoms with Gasteiger partial charge in [-0.25, -0.2) is 0 Å². The number of hydrogen-bond donors (Lipinski definition) is 1. The summed E-state index contributed by atoms with van der Waals surface area (Å²) in [5.74, 6) is 0.455. The summed E-state index contributed by atoms with van der Waals surface area (Å²) in [6.45, 7) is 3.32. The van der Waals surface area contributed by atoms with Crippen molar-refractivity contribution in [2.75, 3.05) is 27.3 Å².